The third kappa shape index (κ3) is 4.50. The van der Waals surface area contributed by atoms with E-state index in [9.17, 15) is 9.59 Å². The number of likely N-dealkylation sites (N-methyl/N-ethyl adjacent to an activating group) is 1. The van der Waals surface area contributed by atoms with Gasteiger partial charge in [0.05, 0.1) is 18.3 Å². The second kappa shape index (κ2) is 9.74. The number of fused-ring (bicyclic) bond motifs is 3. The van der Waals surface area contributed by atoms with Gasteiger partial charge in [-0.3, -0.25) is 14.5 Å². The molecule has 2 aromatic rings. The quantitative estimate of drug-likeness (QED) is 0.729. The first-order valence-corrected chi connectivity index (χ1v) is 13.1. The zero-order valence-corrected chi connectivity index (χ0v) is 20.7. The molecule has 1 atom stereocenters. The molecule has 8 nitrogen and oxygen atoms in total. The third-order valence-corrected chi connectivity index (χ3v) is 8.21. The molecule has 8 heteroatoms. The average molecular weight is 470 g/mol. The van der Waals surface area contributed by atoms with Crippen molar-refractivity contribution in [3.8, 4) is 0 Å². The maximum Gasteiger partial charge on any atom is 0.271 e. The van der Waals surface area contributed by atoms with Gasteiger partial charge in [-0.1, -0.05) is 32.1 Å². The number of furan rings is 1. The van der Waals surface area contributed by atoms with Gasteiger partial charge < -0.3 is 24.1 Å². The number of hydrogen-bond acceptors (Lipinski definition) is 5. The molecule has 0 bridgehead atoms. The summed E-state index contributed by atoms with van der Waals surface area (Å²) in [4.78, 5) is 34.2. The van der Waals surface area contributed by atoms with Crippen molar-refractivity contribution in [1.29, 1.82) is 0 Å². The fraction of sp³-hybridized carbons (Fsp3) is 0.692. The van der Waals surface area contributed by atoms with E-state index in [1.54, 1.807) is 6.26 Å². The Morgan fingerprint density at radius 2 is 1.79 bits per heavy atom. The summed E-state index contributed by atoms with van der Waals surface area (Å²) in [6.45, 7) is 7.77. The zero-order chi connectivity index (χ0) is 23.7. The Morgan fingerprint density at radius 1 is 1.09 bits per heavy atom. The second-order valence-electron chi connectivity index (χ2n) is 10.7. The van der Waals surface area contributed by atoms with Crippen LogP contribution < -0.4 is 5.32 Å². The largest absolute Gasteiger partial charge is 0.463 e. The van der Waals surface area contributed by atoms with Gasteiger partial charge in [-0.2, -0.15) is 0 Å². The van der Waals surface area contributed by atoms with Crippen molar-refractivity contribution in [3.63, 3.8) is 0 Å². The second-order valence-corrected chi connectivity index (χ2v) is 10.7. The van der Waals surface area contributed by atoms with Crippen molar-refractivity contribution < 1.29 is 14.0 Å². The van der Waals surface area contributed by atoms with Crippen LogP contribution in [0.4, 0.5) is 0 Å². The van der Waals surface area contributed by atoms with E-state index in [0.717, 1.165) is 63.9 Å². The van der Waals surface area contributed by atoms with Crippen LogP contribution in [0.5, 0.6) is 0 Å². The van der Waals surface area contributed by atoms with Gasteiger partial charge in [0.1, 0.15) is 11.2 Å². The Kier molecular flexibility index (Phi) is 6.71. The summed E-state index contributed by atoms with van der Waals surface area (Å²) in [7, 11) is 2.15. The monoisotopic (exact) mass is 469 g/mol. The van der Waals surface area contributed by atoms with Crippen molar-refractivity contribution in [2.24, 2.45) is 0 Å². The van der Waals surface area contributed by atoms with Gasteiger partial charge in [-0.25, -0.2) is 0 Å². The van der Waals surface area contributed by atoms with Crippen LogP contribution >= 0.6 is 0 Å². The molecule has 1 aliphatic carbocycles. The Bertz CT molecular complexity index is 1010. The van der Waals surface area contributed by atoms with Crippen molar-refractivity contribution >= 4 is 22.9 Å². The van der Waals surface area contributed by atoms with Gasteiger partial charge in [-0.05, 0) is 26.8 Å². The molecule has 0 radical (unpaired) electrons. The number of rotatable bonds is 5. The number of piperazine rings is 1. The van der Waals surface area contributed by atoms with Gasteiger partial charge in [0.2, 0.25) is 5.91 Å². The number of hydrogen-bond donors (Lipinski definition) is 1. The number of amides is 2. The van der Waals surface area contributed by atoms with E-state index in [4.69, 9.17) is 4.42 Å². The molecule has 0 spiro atoms. The fourth-order valence-electron chi connectivity index (χ4n) is 5.88. The van der Waals surface area contributed by atoms with Gasteiger partial charge in [0, 0.05) is 57.4 Å². The third-order valence-electron chi connectivity index (χ3n) is 8.21. The normalized spacial score (nSPS) is 25.8. The van der Waals surface area contributed by atoms with Gasteiger partial charge >= 0.3 is 0 Å². The molecule has 186 valence electrons. The summed E-state index contributed by atoms with van der Waals surface area (Å²) in [5, 5.41) is 3.37. The van der Waals surface area contributed by atoms with E-state index >= 15 is 0 Å². The lowest BCUT2D eigenvalue weighted by Gasteiger charge is -2.45. The van der Waals surface area contributed by atoms with Crippen molar-refractivity contribution in [2.45, 2.75) is 70.0 Å². The molecular formula is C26H39N5O3. The maximum absolute atomic E-state index is 13.9. The number of aromatic nitrogens is 1. The molecule has 2 amide bonds. The van der Waals surface area contributed by atoms with E-state index in [1.807, 2.05) is 28.5 Å². The van der Waals surface area contributed by atoms with Crippen LogP contribution in [0, 0.1) is 0 Å². The molecule has 5 rings (SSSR count). The minimum Gasteiger partial charge on any atom is -0.463 e. The molecule has 2 fully saturated rings. The first-order valence-electron chi connectivity index (χ1n) is 13.1. The van der Waals surface area contributed by atoms with Crippen LogP contribution in [0.2, 0.25) is 0 Å². The van der Waals surface area contributed by atoms with E-state index in [1.165, 1.54) is 19.3 Å². The van der Waals surface area contributed by atoms with Crippen LogP contribution in [0.3, 0.4) is 0 Å². The van der Waals surface area contributed by atoms with Gasteiger partial charge in [0.25, 0.3) is 5.91 Å². The first kappa shape index (κ1) is 23.4. The highest BCUT2D eigenvalue weighted by Gasteiger charge is 2.48. The van der Waals surface area contributed by atoms with E-state index in [2.05, 4.69) is 22.2 Å². The first-order chi connectivity index (χ1) is 16.5. The van der Waals surface area contributed by atoms with Crippen LogP contribution in [0.15, 0.2) is 22.8 Å². The lowest BCUT2D eigenvalue weighted by Crippen LogP contribution is -2.66. The highest BCUT2D eigenvalue weighted by atomic mass is 16.3. The SMILES string of the molecule is CN1CCN(CCN2C(=O)c3cc4occc4n3CC2(C)C(=O)NC2CCCCCCC2)CC1. The Hall–Kier alpha value is -2.32. The number of nitrogens with zero attached hydrogens (tertiary/aromatic N) is 4. The summed E-state index contributed by atoms with van der Waals surface area (Å²) >= 11 is 0. The van der Waals surface area contributed by atoms with E-state index in [-0.39, 0.29) is 17.9 Å². The lowest BCUT2D eigenvalue weighted by atomic mass is 9.92. The van der Waals surface area contributed by atoms with Crippen LogP contribution in [0.25, 0.3) is 11.1 Å². The van der Waals surface area contributed by atoms with Crippen molar-refractivity contribution in [1.82, 2.24) is 24.6 Å². The summed E-state index contributed by atoms with van der Waals surface area (Å²) in [5.41, 5.74) is 1.26. The lowest BCUT2D eigenvalue weighted by molar-refractivity contribution is -0.133. The summed E-state index contributed by atoms with van der Waals surface area (Å²) < 4.78 is 7.57. The zero-order valence-electron chi connectivity index (χ0n) is 20.7. The molecule has 2 aliphatic heterocycles. The molecule has 4 heterocycles. The molecule has 0 aromatic carbocycles. The molecule has 3 aliphatic rings. The Labute approximate surface area is 202 Å². The molecule has 34 heavy (non-hydrogen) atoms. The van der Waals surface area contributed by atoms with Crippen molar-refractivity contribution in [2.75, 3.05) is 46.3 Å². The molecule has 2 aromatic heterocycles. The number of carbonyl (C=O) groups is 2. The minimum absolute atomic E-state index is 0.0270. The Balaban J connectivity index is 1.39. The van der Waals surface area contributed by atoms with Crippen LogP contribution in [-0.2, 0) is 11.3 Å². The van der Waals surface area contributed by atoms with Crippen LogP contribution in [-0.4, -0.2) is 89.0 Å². The highest BCUT2D eigenvalue weighted by Crippen LogP contribution is 2.33. The minimum atomic E-state index is -0.942. The molecule has 1 N–H and O–H groups in total. The fourth-order valence-corrected chi connectivity index (χ4v) is 5.88. The maximum atomic E-state index is 13.9. The Morgan fingerprint density at radius 3 is 2.53 bits per heavy atom. The molecule has 1 saturated heterocycles. The summed E-state index contributed by atoms with van der Waals surface area (Å²) in [6.07, 6.45) is 9.79. The molecular weight excluding hydrogens is 430 g/mol. The van der Waals surface area contributed by atoms with Crippen LogP contribution in [0.1, 0.15) is 62.4 Å². The standard InChI is InChI=1S/C26H39N5O3/c1-26(25(33)27-20-8-6-4-3-5-7-9-20)19-30-21-10-17-34-23(21)18-22(30)24(32)31(26)16-15-29-13-11-28(2)12-14-29/h10,17-18,20H,3-9,11-16,19H2,1-2H3,(H,27,33). The summed E-state index contributed by atoms with van der Waals surface area (Å²) in [5.74, 6) is -0.108. The molecule has 1 saturated carbocycles. The predicted octanol–water partition coefficient (Wildman–Crippen LogP) is 2.93. The smallest absolute Gasteiger partial charge is 0.271 e. The predicted molar refractivity (Wildman–Crippen MR) is 132 cm³/mol. The molecule has 1 unspecified atom stereocenters. The number of carbonyl (C=O) groups excluding carboxylic acids is 2. The van der Waals surface area contributed by atoms with Gasteiger partial charge in [0.15, 0.2) is 5.58 Å². The van der Waals surface area contributed by atoms with E-state index < -0.39 is 5.54 Å². The van der Waals surface area contributed by atoms with Crippen molar-refractivity contribution in [3.05, 3.63) is 24.1 Å². The topological polar surface area (TPSA) is 74.0 Å². The number of nitrogens with one attached hydrogen (secondary N) is 1. The average Bonchev–Trinajstić information content (AvgIpc) is 3.39. The summed E-state index contributed by atoms with van der Waals surface area (Å²) in [6, 6.07) is 3.91. The highest BCUT2D eigenvalue weighted by molar-refractivity contribution is 6.02. The van der Waals surface area contributed by atoms with E-state index in [0.29, 0.717) is 24.4 Å². The van der Waals surface area contributed by atoms with Gasteiger partial charge in [-0.15, -0.1) is 0 Å².